The second-order valence-corrected chi connectivity index (χ2v) is 19.9. The Morgan fingerprint density at radius 3 is 2.36 bits per heavy atom. The first-order valence-corrected chi connectivity index (χ1v) is 23.9. The van der Waals surface area contributed by atoms with E-state index in [2.05, 4.69) is 95.9 Å². The molecular weight excluding hydrogens is 845 g/mol. The monoisotopic (exact) mass is 913 g/mol. The molecule has 1 unspecified atom stereocenters. The predicted octanol–water partition coefficient (Wildman–Crippen LogP) is 6.44. The van der Waals surface area contributed by atoms with E-state index in [1.165, 1.54) is 10.5 Å². The lowest BCUT2D eigenvalue weighted by molar-refractivity contribution is -0.137. The molecule has 3 aromatic rings. The number of piperidine rings is 1. The number of nitrogens with zero attached hydrogens (tertiary/aromatic N) is 4. The van der Waals surface area contributed by atoms with Crippen LogP contribution in [0.2, 0.25) is 0 Å². The first-order chi connectivity index (χ1) is 32.1. The molecule has 4 aliphatic heterocycles. The van der Waals surface area contributed by atoms with Gasteiger partial charge in [-0.05, 0) is 86.0 Å². The Labute approximate surface area is 395 Å². The fraction of sp³-hybridized carbons (Fsp3) is 0.472. The van der Waals surface area contributed by atoms with E-state index in [1.807, 2.05) is 25.1 Å². The summed E-state index contributed by atoms with van der Waals surface area (Å²) < 4.78 is 5.92. The summed E-state index contributed by atoms with van der Waals surface area (Å²) in [5.41, 5.74) is 6.50. The molecule has 0 aliphatic carbocycles. The molecule has 7 rings (SSSR count). The van der Waals surface area contributed by atoms with Gasteiger partial charge in [-0.25, -0.2) is 4.99 Å². The van der Waals surface area contributed by atoms with Crippen molar-refractivity contribution in [3.8, 4) is 5.75 Å². The summed E-state index contributed by atoms with van der Waals surface area (Å²) in [6.07, 6.45) is 8.45. The number of carbonyl (C=O) groups is 4. The van der Waals surface area contributed by atoms with Crippen LogP contribution in [0.4, 0.5) is 0 Å². The Kier molecular flexibility index (Phi) is 15.8. The molecule has 5 N–H and O–H groups in total. The van der Waals surface area contributed by atoms with Crippen molar-refractivity contribution < 1.29 is 29.0 Å². The highest BCUT2D eigenvalue weighted by Crippen LogP contribution is 2.37. The van der Waals surface area contributed by atoms with Crippen LogP contribution in [0, 0.1) is 16.2 Å². The highest BCUT2D eigenvalue weighted by molar-refractivity contribution is 6.23. The van der Waals surface area contributed by atoms with Crippen molar-refractivity contribution in [3.05, 3.63) is 118 Å². The van der Waals surface area contributed by atoms with Crippen molar-refractivity contribution in [2.75, 3.05) is 52.5 Å². The fourth-order valence-corrected chi connectivity index (χ4v) is 9.40. The zero-order valence-corrected chi connectivity index (χ0v) is 39.9. The number of benzene rings is 3. The number of β-amino-alcohol motifs (C(OH)–C–C–N with tert-alkyl or cyclic N) is 1. The van der Waals surface area contributed by atoms with Crippen molar-refractivity contribution in [3.63, 3.8) is 0 Å². The maximum Gasteiger partial charge on any atom is 0.257 e. The summed E-state index contributed by atoms with van der Waals surface area (Å²) in [5.74, 6) is 0.748. The van der Waals surface area contributed by atoms with E-state index in [-0.39, 0.29) is 61.2 Å². The normalized spacial score (nSPS) is 18.7. The average Bonchev–Trinajstić information content (AvgIpc) is 3.64. The summed E-state index contributed by atoms with van der Waals surface area (Å²) in [6.45, 7) is 15.7. The van der Waals surface area contributed by atoms with Gasteiger partial charge < -0.3 is 35.7 Å². The average molecular weight is 913 g/mol. The summed E-state index contributed by atoms with van der Waals surface area (Å²) in [7, 11) is 0. The Balaban J connectivity index is 0.887. The second kappa shape index (κ2) is 21.7. The van der Waals surface area contributed by atoms with E-state index >= 15 is 0 Å². The Bertz CT molecular complexity index is 2420. The van der Waals surface area contributed by atoms with Crippen LogP contribution in [-0.2, 0) is 27.3 Å². The van der Waals surface area contributed by atoms with Crippen LogP contribution in [0.5, 0.6) is 5.75 Å². The van der Waals surface area contributed by atoms with Gasteiger partial charge >= 0.3 is 0 Å². The number of aliphatic hydroxyl groups excluding tert-OH is 1. The second-order valence-electron chi connectivity index (χ2n) is 19.9. The first kappa shape index (κ1) is 48.8. The maximum atomic E-state index is 13.2. The third-order valence-electron chi connectivity index (χ3n) is 13.6. The first-order valence-electron chi connectivity index (χ1n) is 23.9. The molecule has 0 spiro atoms. The predicted molar refractivity (Wildman–Crippen MR) is 261 cm³/mol. The SMILES string of the molecule is CC(=N)/C(=C1/N=C(c2ccccc2)C=C(N2CCN(CCO)CC2)N1)c1cccc(CCCC(C)(C)CCC(C)(C)CCNC(=O)COc2cccc3c2CN(C2CCC(=O)NC2=O)C3=O)c1. The van der Waals surface area contributed by atoms with Crippen molar-refractivity contribution >= 4 is 40.6 Å². The number of ether oxygens (including phenoxy) is 1. The zero-order chi connectivity index (χ0) is 47.7. The van der Waals surface area contributed by atoms with E-state index in [0.717, 1.165) is 92.9 Å². The molecule has 1 atom stereocenters. The van der Waals surface area contributed by atoms with Crippen LogP contribution in [0.3, 0.4) is 0 Å². The molecule has 14 heteroatoms. The van der Waals surface area contributed by atoms with Gasteiger partial charge in [0.25, 0.3) is 11.8 Å². The molecule has 67 heavy (non-hydrogen) atoms. The van der Waals surface area contributed by atoms with Gasteiger partial charge in [0, 0.05) is 79.7 Å². The molecule has 356 valence electrons. The third kappa shape index (κ3) is 12.7. The topological polar surface area (TPSA) is 180 Å². The van der Waals surface area contributed by atoms with E-state index in [0.29, 0.717) is 41.5 Å². The summed E-state index contributed by atoms with van der Waals surface area (Å²) >= 11 is 0. The molecule has 0 radical (unpaired) electrons. The standard InChI is InChI=1S/C53H68N8O6/c1-36(54)48(49-56-42(38-14-7-6-8-15-38)33-45(57-49)60-28-26-59(27-29-60)30-31-62)39-16-9-12-37(32-39)13-11-21-52(2,3)22-23-53(4,5)24-25-55-47(64)35-67-44-18-10-17-40-41(44)34-61(51(40)66)43-19-20-46(63)58-50(43)65/h6-10,12,14-18,32-33,43,54,57,62H,11,13,19-31,34-35H2,1-5H3,(H,55,64)(H,58,63,65)/b49-48+,54-36?. The molecule has 4 aliphatic rings. The van der Waals surface area contributed by atoms with Crippen molar-refractivity contribution in [1.82, 2.24) is 30.7 Å². The van der Waals surface area contributed by atoms with Crippen LogP contribution in [0.1, 0.15) is 112 Å². The van der Waals surface area contributed by atoms with Crippen LogP contribution in [0.25, 0.3) is 5.57 Å². The number of amides is 4. The third-order valence-corrected chi connectivity index (χ3v) is 13.6. The van der Waals surface area contributed by atoms with Gasteiger partial charge in [-0.15, -0.1) is 0 Å². The number of aliphatic imine (C=N–C) groups is 1. The van der Waals surface area contributed by atoms with E-state index < -0.39 is 11.9 Å². The molecule has 14 nitrogen and oxygen atoms in total. The molecule has 4 amide bonds. The number of hydrogen-bond acceptors (Lipinski definition) is 11. The number of rotatable bonds is 20. The highest BCUT2D eigenvalue weighted by Gasteiger charge is 2.40. The maximum absolute atomic E-state index is 13.2. The molecule has 3 aromatic carbocycles. The Morgan fingerprint density at radius 2 is 1.64 bits per heavy atom. The summed E-state index contributed by atoms with van der Waals surface area (Å²) in [6, 6.07) is 23.2. The highest BCUT2D eigenvalue weighted by atomic mass is 16.5. The van der Waals surface area contributed by atoms with Gasteiger partial charge in [-0.3, -0.25) is 29.4 Å². The number of carbonyl (C=O) groups excluding carboxylic acids is 4. The minimum absolute atomic E-state index is 0.00762. The minimum atomic E-state index is -0.721. The van der Waals surface area contributed by atoms with Gasteiger partial charge in [0.05, 0.1) is 18.9 Å². The molecule has 0 saturated carbocycles. The number of aryl methyl sites for hydroxylation is 1. The van der Waals surface area contributed by atoms with Crippen molar-refractivity contribution in [2.45, 2.75) is 98.6 Å². The Morgan fingerprint density at radius 1 is 0.910 bits per heavy atom. The lowest BCUT2D eigenvalue weighted by atomic mass is 9.75. The Hall–Kier alpha value is -6.12. The van der Waals surface area contributed by atoms with Crippen molar-refractivity contribution in [1.29, 1.82) is 5.41 Å². The van der Waals surface area contributed by atoms with Crippen LogP contribution in [0.15, 0.2) is 95.5 Å². The van der Waals surface area contributed by atoms with Crippen LogP contribution in [-0.4, -0.2) is 113 Å². The molecule has 4 heterocycles. The largest absolute Gasteiger partial charge is 0.483 e. The van der Waals surface area contributed by atoms with Crippen LogP contribution < -0.4 is 20.7 Å². The van der Waals surface area contributed by atoms with E-state index in [9.17, 15) is 24.3 Å². The molecule has 0 aromatic heterocycles. The molecule has 0 bridgehead atoms. The number of aliphatic hydroxyl groups is 1. The summed E-state index contributed by atoms with van der Waals surface area (Å²) in [5, 5.41) is 27.4. The number of imide groups is 1. The number of nitrogens with one attached hydrogen (secondary N) is 4. The number of allylic oxidation sites excluding steroid dienone is 2. The van der Waals surface area contributed by atoms with E-state index in [4.69, 9.17) is 15.1 Å². The lowest BCUT2D eigenvalue weighted by Gasteiger charge is -2.38. The van der Waals surface area contributed by atoms with Gasteiger partial charge in [0.1, 0.15) is 23.4 Å². The molecule has 2 fully saturated rings. The van der Waals surface area contributed by atoms with Gasteiger partial charge in [-0.2, -0.15) is 0 Å². The van der Waals surface area contributed by atoms with Gasteiger partial charge in [0.15, 0.2) is 6.61 Å². The lowest BCUT2D eigenvalue weighted by Crippen LogP contribution is -2.52. The van der Waals surface area contributed by atoms with Gasteiger partial charge in [0.2, 0.25) is 11.8 Å². The molecule has 2 saturated heterocycles. The smallest absolute Gasteiger partial charge is 0.257 e. The summed E-state index contributed by atoms with van der Waals surface area (Å²) in [4.78, 5) is 61.4. The zero-order valence-electron chi connectivity index (χ0n) is 39.9. The number of piperazine rings is 1. The minimum Gasteiger partial charge on any atom is -0.483 e. The number of fused-ring (bicyclic) bond motifs is 1. The van der Waals surface area contributed by atoms with Gasteiger partial charge in [-0.1, -0.05) is 88.4 Å². The van der Waals surface area contributed by atoms with Crippen molar-refractivity contribution in [2.24, 2.45) is 15.8 Å². The molecular formula is C53H68N8O6. The van der Waals surface area contributed by atoms with Crippen LogP contribution >= 0.6 is 0 Å². The fourth-order valence-electron chi connectivity index (χ4n) is 9.40. The quantitative estimate of drug-likeness (QED) is 0.0630. The number of hydrogen-bond donors (Lipinski definition) is 5. The van der Waals surface area contributed by atoms with E-state index in [1.54, 1.807) is 18.2 Å².